The zero-order chi connectivity index (χ0) is 18.1. The van der Waals surface area contributed by atoms with E-state index in [1.165, 1.54) is 42.4 Å². The molecule has 3 rings (SSSR count). The van der Waals surface area contributed by atoms with Gasteiger partial charge < -0.3 is 14.8 Å². The first-order chi connectivity index (χ1) is 11.9. The molecule has 0 radical (unpaired) electrons. The van der Waals surface area contributed by atoms with Crippen molar-refractivity contribution in [2.24, 2.45) is 0 Å². The predicted molar refractivity (Wildman–Crippen MR) is 104 cm³/mol. The second-order valence-electron chi connectivity index (χ2n) is 7.68. The second-order valence-corrected chi connectivity index (χ2v) is 7.68. The van der Waals surface area contributed by atoms with Gasteiger partial charge in [0.25, 0.3) is 5.91 Å². The van der Waals surface area contributed by atoms with Crippen LogP contribution >= 0.6 is 0 Å². The van der Waals surface area contributed by atoms with Gasteiger partial charge in [0.05, 0.1) is 0 Å². The quantitative estimate of drug-likeness (QED) is 0.891. The van der Waals surface area contributed by atoms with Gasteiger partial charge in [-0.25, -0.2) is 0 Å². The highest BCUT2D eigenvalue weighted by atomic mass is 16.2. The van der Waals surface area contributed by atoms with Crippen LogP contribution in [0.3, 0.4) is 0 Å². The number of rotatable bonds is 5. The zero-order valence-corrected chi connectivity index (χ0v) is 16.3. The Morgan fingerprint density at radius 1 is 1.20 bits per heavy atom. The van der Waals surface area contributed by atoms with Crippen LogP contribution in [0.15, 0.2) is 12.1 Å². The maximum atomic E-state index is 13.0. The van der Waals surface area contributed by atoms with Crippen LogP contribution in [0.1, 0.15) is 53.4 Å². The third-order valence-electron chi connectivity index (χ3n) is 5.83. The second kappa shape index (κ2) is 7.20. The Morgan fingerprint density at radius 2 is 1.84 bits per heavy atom. The van der Waals surface area contributed by atoms with Crippen LogP contribution in [0.25, 0.3) is 10.9 Å². The molecule has 1 aromatic heterocycles. The lowest BCUT2D eigenvalue weighted by Gasteiger charge is -2.26. The third kappa shape index (κ3) is 3.45. The van der Waals surface area contributed by atoms with Crippen molar-refractivity contribution in [2.75, 3.05) is 26.7 Å². The summed E-state index contributed by atoms with van der Waals surface area (Å²) < 4.78 is 0. The highest BCUT2D eigenvalue weighted by Gasteiger charge is 2.22. The van der Waals surface area contributed by atoms with Gasteiger partial charge in [0.1, 0.15) is 5.69 Å². The molecule has 0 bridgehead atoms. The number of carbonyl (C=O) groups is 1. The molecule has 1 atom stereocenters. The molecule has 1 aliphatic rings. The van der Waals surface area contributed by atoms with Gasteiger partial charge in [-0.05, 0) is 76.7 Å². The first-order valence-electron chi connectivity index (χ1n) is 9.48. The number of H-pyrrole nitrogens is 1. The summed E-state index contributed by atoms with van der Waals surface area (Å²) in [6.07, 6.45) is 3.65. The van der Waals surface area contributed by atoms with Crippen LogP contribution in [-0.4, -0.2) is 53.4 Å². The van der Waals surface area contributed by atoms with Crippen molar-refractivity contribution in [2.45, 2.75) is 53.0 Å². The van der Waals surface area contributed by atoms with Crippen molar-refractivity contribution < 1.29 is 4.79 Å². The monoisotopic (exact) mass is 341 g/mol. The van der Waals surface area contributed by atoms with Gasteiger partial charge in [0, 0.05) is 30.5 Å². The van der Waals surface area contributed by atoms with E-state index in [2.05, 4.69) is 49.7 Å². The van der Waals surface area contributed by atoms with E-state index in [-0.39, 0.29) is 5.91 Å². The molecule has 0 aliphatic carbocycles. The summed E-state index contributed by atoms with van der Waals surface area (Å²) in [6, 6.07) is 4.79. The number of amides is 1. The molecular weight excluding hydrogens is 310 g/mol. The van der Waals surface area contributed by atoms with Gasteiger partial charge in [-0.15, -0.1) is 0 Å². The summed E-state index contributed by atoms with van der Waals surface area (Å²) in [5, 5.41) is 1.20. The molecule has 1 fully saturated rings. The predicted octanol–water partition coefficient (Wildman–Crippen LogP) is 4.04. The number of nitrogens with one attached hydrogen (secondary N) is 1. The van der Waals surface area contributed by atoms with Crippen molar-refractivity contribution in [3.05, 3.63) is 34.5 Å². The fourth-order valence-corrected chi connectivity index (χ4v) is 4.05. The summed E-state index contributed by atoms with van der Waals surface area (Å²) in [5.41, 5.74) is 5.32. The smallest absolute Gasteiger partial charge is 0.270 e. The Morgan fingerprint density at radius 3 is 2.48 bits per heavy atom. The molecule has 0 unspecified atom stereocenters. The Labute approximate surface area is 151 Å². The van der Waals surface area contributed by atoms with E-state index in [4.69, 9.17) is 0 Å². The van der Waals surface area contributed by atoms with Gasteiger partial charge in [0.15, 0.2) is 0 Å². The molecule has 1 aromatic carbocycles. The molecular formula is C21H31N3O. The van der Waals surface area contributed by atoms with E-state index in [9.17, 15) is 4.79 Å². The van der Waals surface area contributed by atoms with Crippen molar-refractivity contribution in [3.63, 3.8) is 0 Å². The third-order valence-corrected chi connectivity index (χ3v) is 5.83. The van der Waals surface area contributed by atoms with Crippen molar-refractivity contribution in [1.29, 1.82) is 0 Å². The fourth-order valence-electron chi connectivity index (χ4n) is 4.05. The standard InChI is InChI=1S/C21H31N3O/c1-14-8-9-15(2)19-18(14)17(4)20(22-19)21(25)23(5)13-10-16(3)24-11-6-7-12-24/h8-9,16,22H,6-7,10-13H2,1-5H3/t16-/m0/s1. The summed E-state index contributed by atoms with van der Waals surface area (Å²) in [6.45, 7) is 11.7. The molecule has 1 amide bonds. The number of likely N-dealkylation sites (tertiary alicyclic amines) is 1. The number of benzene rings is 1. The van der Waals surface area contributed by atoms with Crippen LogP contribution in [0.2, 0.25) is 0 Å². The molecule has 4 heteroatoms. The van der Waals surface area contributed by atoms with E-state index < -0.39 is 0 Å². The van der Waals surface area contributed by atoms with Crippen LogP contribution in [-0.2, 0) is 0 Å². The van der Waals surface area contributed by atoms with Crippen LogP contribution in [0, 0.1) is 20.8 Å². The molecule has 2 heterocycles. The number of aromatic amines is 1. The maximum Gasteiger partial charge on any atom is 0.270 e. The zero-order valence-electron chi connectivity index (χ0n) is 16.3. The lowest BCUT2D eigenvalue weighted by Crippen LogP contribution is -2.35. The summed E-state index contributed by atoms with van der Waals surface area (Å²) >= 11 is 0. The maximum absolute atomic E-state index is 13.0. The molecule has 1 aliphatic heterocycles. The molecule has 25 heavy (non-hydrogen) atoms. The van der Waals surface area contributed by atoms with E-state index in [0.717, 1.165) is 29.7 Å². The van der Waals surface area contributed by atoms with E-state index in [1.54, 1.807) is 0 Å². The molecule has 136 valence electrons. The number of hydrogen-bond acceptors (Lipinski definition) is 2. The molecule has 4 nitrogen and oxygen atoms in total. The van der Waals surface area contributed by atoms with Gasteiger partial charge in [-0.1, -0.05) is 12.1 Å². The van der Waals surface area contributed by atoms with Crippen LogP contribution < -0.4 is 0 Å². The average Bonchev–Trinajstić information content (AvgIpc) is 3.24. The van der Waals surface area contributed by atoms with Crippen LogP contribution in [0.4, 0.5) is 0 Å². The topological polar surface area (TPSA) is 39.3 Å². The Bertz CT molecular complexity index is 771. The van der Waals surface area contributed by atoms with Gasteiger partial charge in [-0.3, -0.25) is 4.79 Å². The molecule has 2 aromatic rings. The van der Waals surface area contributed by atoms with Gasteiger partial charge in [-0.2, -0.15) is 0 Å². The largest absolute Gasteiger partial charge is 0.350 e. The summed E-state index contributed by atoms with van der Waals surface area (Å²) in [7, 11) is 1.92. The van der Waals surface area contributed by atoms with Crippen molar-refractivity contribution in [3.8, 4) is 0 Å². The SMILES string of the molecule is Cc1ccc(C)c2c(C)c(C(=O)N(C)CC[C@H](C)N3CCCC3)[nH]c12. The highest BCUT2D eigenvalue weighted by Crippen LogP contribution is 2.28. The van der Waals surface area contributed by atoms with Gasteiger partial charge >= 0.3 is 0 Å². The first-order valence-corrected chi connectivity index (χ1v) is 9.48. The normalized spacial score (nSPS) is 16.5. The average molecular weight is 341 g/mol. The number of nitrogens with zero attached hydrogens (tertiary/aromatic N) is 2. The molecule has 1 N–H and O–H groups in total. The van der Waals surface area contributed by atoms with E-state index in [0.29, 0.717) is 6.04 Å². The minimum atomic E-state index is 0.0983. The Hall–Kier alpha value is -1.81. The Balaban J connectivity index is 1.74. The number of aromatic nitrogens is 1. The highest BCUT2D eigenvalue weighted by molar-refractivity contribution is 6.02. The first kappa shape index (κ1) is 18.0. The van der Waals surface area contributed by atoms with Gasteiger partial charge in [0.2, 0.25) is 0 Å². The number of aryl methyl sites for hydroxylation is 3. The number of fused-ring (bicyclic) bond motifs is 1. The van der Waals surface area contributed by atoms with Crippen molar-refractivity contribution in [1.82, 2.24) is 14.8 Å². The van der Waals surface area contributed by atoms with Crippen LogP contribution in [0.5, 0.6) is 0 Å². The minimum absolute atomic E-state index is 0.0983. The lowest BCUT2D eigenvalue weighted by atomic mass is 10.0. The number of hydrogen-bond donors (Lipinski definition) is 1. The van der Waals surface area contributed by atoms with E-state index in [1.807, 2.05) is 11.9 Å². The minimum Gasteiger partial charge on any atom is -0.350 e. The molecule has 0 saturated carbocycles. The molecule has 1 saturated heterocycles. The summed E-state index contributed by atoms with van der Waals surface area (Å²) in [5.74, 6) is 0.0983. The van der Waals surface area contributed by atoms with E-state index >= 15 is 0 Å². The summed E-state index contributed by atoms with van der Waals surface area (Å²) in [4.78, 5) is 20.8. The lowest BCUT2D eigenvalue weighted by molar-refractivity contribution is 0.0776. The molecule has 0 spiro atoms. The fraction of sp³-hybridized carbons (Fsp3) is 0.571. The number of carbonyl (C=O) groups excluding carboxylic acids is 1. The van der Waals surface area contributed by atoms with Crippen molar-refractivity contribution >= 4 is 16.8 Å². The Kier molecular flexibility index (Phi) is 5.19.